The predicted molar refractivity (Wildman–Crippen MR) is 110 cm³/mol. The van der Waals surface area contributed by atoms with Crippen molar-refractivity contribution >= 4 is 0 Å². The normalized spacial score (nSPS) is 25.9. The van der Waals surface area contributed by atoms with Gasteiger partial charge in [0.05, 0.1) is 12.7 Å². The van der Waals surface area contributed by atoms with Crippen LogP contribution >= 0.6 is 0 Å². The van der Waals surface area contributed by atoms with Crippen molar-refractivity contribution in [3.8, 4) is 5.75 Å². The Morgan fingerprint density at radius 2 is 1.32 bits per heavy atom. The van der Waals surface area contributed by atoms with E-state index in [-0.39, 0.29) is 17.7 Å². The van der Waals surface area contributed by atoms with Gasteiger partial charge in [-0.3, -0.25) is 0 Å². The molecule has 0 spiro atoms. The van der Waals surface area contributed by atoms with Crippen molar-refractivity contribution in [3.05, 3.63) is 64.5 Å². The number of benzene rings is 2. The molecule has 0 radical (unpaired) electrons. The number of rotatable bonds is 5. The van der Waals surface area contributed by atoms with Gasteiger partial charge in [0.25, 0.3) is 0 Å². The van der Waals surface area contributed by atoms with Crippen molar-refractivity contribution in [2.24, 2.45) is 17.8 Å². The van der Waals surface area contributed by atoms with Crippen LogP contribution in [0.3, 0.4) is 0 Å². The Balaban J connectivity index is 1.47. The average molecular weight is 490 g/mol. The maximum Gasteiger partial charge on any atom is 0.432 e. The summed E-state index contributed by atoms with van der Waals surface area (Å²) >= 11 is 0. The first kappa shape index (κ1) is 24.8. The lowest BCUT2D eigenvalue weighted by molar-refractivity contribution is -0.189. The van der Waals surface area contributed by atoms with Gasteiger partial charge in [-0.1, -0.05) is 19.8 Å². The van der Waals surface area contributed by atoms with E-state index in [9.17, 15) is 30.7 Å². The Morgan fingerprint density at radius 1 is 0.765 bits per heavy atom. The molecule has 34 heavy (non-hydrogen) atoms. The SMILES string of the molecule is CC1CCC(C2CCC(c3cc(F)c(C(F)(F)Oc4cc(F)c(F)c(F)c4)c(F)c3)OC2)CC1. The summed E-state index contributed by atoms with van der Waals surface area (Å²) in [5.41, 5.74) is -1.63. The number of hydrogen-bond donors (Lipinski definition) is 0. The largest absolute Gasteiger partial charge is 0.432 e. The zero-order chi connectivity index (χ0) is 24.6. The highest BCUT2D eigenvalue weighted by atomic mass is 19.3. The molecule has 9 heteroatoms. The first-order valence-electron chi connectivity index (χ1n) is 11.4. The average Bonchev–Trinajstić information content (AvgIpc) is 2.77. The Bertz CT molecular complexity index is 980. The highest BCUT2D eigenvalue weighted by Crippen LogP contribution is 2.42. The number of ether oxygens (including phenoxy) is 2. The van der Waals surface area contributed by atoms with Gasteiger partial charge in [0.2, 0.25) is 0 Å². The van der Waals surface area contributed by atoms with Crippen molar-refractivity contribution in [2.45, 2.75) is 57.7 Å². The third-order valence-corrected chi connectivity index (χ3v) is 6.97. The van der Waals surface area contributed by atoms with Gasteiger partial charge >= 0.3 is 6.11 Å². The molecule has 1 saturated heterocycles. The Morgan fingerprint density at radius 3 is 1.85 bits per heavy atom. The van der Waals surface area contributed by atoms with Crippen molar-refractivity contribution < 1.29 is 40.2 Å². The zero-order valence-corrected chi connectivity index (χ0v) is 18.5. The van der Waals surface area contributed by atoms with Crippen molar-refractivity contribution in [1.82, 2.24) is 0 Å². The summed E-state index contributed by atoms with van der Waals surface area (Å²) in [5.74, 6) is -8.09. The summed E-state index contributed by atoms with van der Waals surface area (Å²) in [6.45, 7) is 2.68. The van der Waals surface area contributed by atoms with Crippen molar-refractivity contribution in [1.29, 1.82) is 0 Å². The zero-order valence-electron chi connectivity index (χ0n) is 18.5. The fourth-order valence-corrected chi connectivity index (χ4v) is 5.01. The molecule has 0 N–H and O–H groups in total. The molecular formula is C25H25F7O2. The van der Waals surface area contributed by atoms with Gasteiger partial charge in [-0.05, 0) is 61.1 Å². The maximum absolute atomic E-state index is 14.6. The van der Waals surface area contributed by atoms with E-state index in [2.05, 4.69) is 11.7 Å². The van der Waals surface area contributed by atoms with Crippen LogP contribution in [0.2, 0.25) is 0 Å². The van der Waals surface area contributed by atoms with Gasteiger partial charge in [0, 0.05) is 12.1 Å². The molecule has 1 aliphatic heterocycles. The molecule has 1 saturated carbocycles. The van der Waals surface area contributed by atoms with E-state index in [1.807, 2.05) is 0 Å². The molecule has 1 aliphatic carbocycles. The monoisotopic (exact) mass is 490 g/mol. The number of alkyl halides is 2. The highest BCUT2D eigenvalue weighted by molar-refractivity contribution is 5.32. The quantitative estimate of drug-likeness (QED) is 0.314. The topological polar surface area (TPSA) is 18.5 Å². The molecular weight excluding hydrogens is 465 g/mol. The minimum atomic E-state index is -4.61. The van der Waals surface area contributed by atoms with Gasteiger partial charge in [-0.15, -0.1) is 0 Å². The van der Waals surface area contributed by atoms with Gasteiger partial charge in [0.15, 0.2) is 17.5 Å². The van der Waals surface area contributed by atoms with Gasteiger partial charge in [-0.25, -0.2) is 22.0 Å². The third kappa shape index (κ3) is 5.19. The molecule has 2 atom stereocenters. The minimum absolute atomic E-state index is 0.0872. The lowest BCUT2D eigenvalue weighted by atomic mass is 9.74. The highest BCUT2D eigenvalue weighted by Gasteiger charge is 2.42. The van der Waals surface area contributed by atoms with Crippen LogP contribution in [0, 0.1) is 46.8 Å². The van der Waals surface area contributed by atoms with Crippen LogP contribution in [0.25, 0.3) is 0 Å². The van der Waals surface area contributed by atoms with Crippen LogP contribution in [-0.2, 0) is 10.8 Å². The standard InChI is InChI=1S/C25H25F7O2/c1-13-2-4-14(5-3-13)15-6-7-22(33-12-15)16-8-18(26)23(19(27)9-16)25(31,32)34-17-10-20(28)24(30)21(29)11-17/h8-11,13-15,22H,2-7,12H2,1H3. The molecule has 2 aliphatic rings. The van der Waals surface area contributed by atoms with E-state index in [0.29, 0.717) is 24.9 Å². The summed E-state index contributed by atoms with van der Waals surface area (Å²) in [7, 11) is 0. The first-order chi connectivity index (χ1) is 16.0. The summed E-state index contributed by atoms with van der Waals surface area (Å²) in [6.07, 6.45) is 0.702. The molecule has 2 fully saturated rings. The lowest BCUT2D eigenvalue weighted by Gasteiger charge is -2.37. The molecule has 2 unspecified atom stereocenters. The van der Waals surface area contributed by atoms with Crippen LogP contribution in [0.1, 0.15) is 62.7 Å². The van der Waals surface area contributed by atoms with Gasteiger partial charge in [0.1, 0.15) is 22.9 Å². The number of halogens is 7. The van der Waals surface area contributed by atoms with E-state index in [1.54, 1.807) is 0 Å². The van der Waals surface area contributed by atoms with Crippen LogP contribution in [0.15, 0.2) is 24.3 Å². The summed E-state index contributed by atoms with van der Waals surface area (Å²) in [4.78, 5) is 0. The second kappa shape index (κ2) is 9.76. The third-order valence-electron chi connectivity index (χ3n) is 6.97. The summed E-state index contributed by atoms with van der Waals surface area (Å²) in [5, 5.41) is 0. The van der Waals surface area contributed by atoms with Crippen molar-refractivity contribution in [2.75, 3.05) is 6.61 Å². The molecule has 186 valence electrons. The molecule has 2 nitrogen and oxygen atoms in total. The van der Waals surface area contributed by atoms with Gasteiger partial charge < -0.3 is 9.47 Å². The fraction of sp³-hybridized carbons (Fsp3) is 0.520. The molecule has 4 rings (SSSR count). The van der Waals surface area contributed by atoms with E-state index >= 15 is 0 Å². The predicted octanol–water partition coefficient (Wildman–Crippen LogP) is 7.80. The second-order valence-electron chi connectivity index (χ2n) is 9.36. The summed E-state index contributed by atoms with van der Waals surface area (Å²) < 4.78 is 108. The Hall–Kier alpha value is -2.29. The number of hydrogen-bond acceptors (Lipinski definition) is 2. The second-order valence-corrected chi connectivity index (χ2v) is 9.36. The van der Waals surface area contributed by atoms with E-state index in [1.165, 1.54) is 12.8 Å². The summed E-state index contributed by atoms with van der Waals surface area (Å²) in [6, 6.07) is 1.84. The molecule has 0 amide bonds. The van der Waals surface area contributed by atoms with E-state index in [4.69, 9.17) is 4.74 Å². The first-order valence-corrected chi connectivity index (χ1v) is 11.4. The Labute approximate surface area is 193 Å². The molecule has 0 aromatic heterocycles. The minimum Gasteiger partial charge on any atom is -0.429 e. The van der Waals surface area contributed by atoms with Crippen LogP contribution in [0.4, 0.5) is 30.7 Å². The van der Waals surface area contributed by atoms with Gasteiger partial charge in [-0.2, -0.15) is 8.78 Å². The lowest BCUT2D eigenvalue weighted by Crippen LogP contribution is -2.30. The smallest absolute Gasteiger partial charge is 0.429 e. The molecule has 2 aromatic rings. The Kier molecular flexibility index (Phi) is 7.12. The maximum atomic E-state index is 14.6. The van der Waals surface area contributed by atoms with E-state index < -0.39 is 52.6 Å². The fourth-order valence-electron chi connectivity index (χ4n) is 5.01. The van der Waals surface area contributed by atoms with Crippen LogP contribution in [0.5, 0.6) is 5.75 Å². The van der Waals surface area contributed by atoms with E-state index in [0.717, 1.165) is 37.3 Å². The van der Waals surface area contributed by atoms with Crippen molar-refractivity contribution in [3.63, 3.8) is 0 Å². The molecule has 2 aromatic carbocycles. The van der Waals surface area contributed by atoms with Crippen LogP contribution < -0.4 is 4.74 Å². The van der Waals surface area contributed by atoms with Crippen LogP contribution in [-0.4, -0.2) is 6.61 Å². The molecule has 0 bridgehead atoms. The molecule has 1 heterocycles.